The maximum Gasteiger partial charge on any atom is 0.306 e. The molecule has 2 heterocycles. The summed E-state index contributed by atoms with van der Waals surface area (Å²) in [6.07, 6.45) is 2.49. The van der Waals surface area contributed by atoms with Crippen LogP contribution in [0.5, 0.6) is 0 Å². The predicted molar refractivity (Wildman–Crippen MR) is 100 cm³/mol. The van der Waals surface area contributed by atoms with Crippen molar-refractivity contribution in [2.24, 2.45) is 11.8 Å². The number of nitrogens with zero attached hydrogens (tertiary/aromatic N) is 1. The summed E-state index contributed by atoms with van der Waals surface area (Å²) in [6.45, 7) is 9.31. The molecule has 3 rings (SSSR count). The van der Waals surface area contributed by atoms with Crippen molar-refractivity contribution in [2.75, 3.05) is 13.1 Å². The summed E-state index contributed by atoms with van der Waals surface area (Å²) >= 11 is 0. The van der Waals surface area contributed by atoms with E-state index in [1.54, 1.807) is 11.2 Å². The maximum absolute atomic E-state index is 12.8. The van der Waals surface area contributed by atoms with Gasteiger partial charge in [0.05, 0.1) is 18.6 Å². The Morgan fingerprint density at radius 1 is 1.35 bits per heavy atom. The molecule has 5 heteroatoms. The van der Waals surface area contributed by atoms with E-state index in [0.29, 0.717) is 25.4 Å². The van der Waals surface area contributed by atoms with Crippen LogP contribution in [0.3, 0.4) is 0 Å². The molecule has 1 saturated heterocycles. The quantitative estimate of drug-likeness (QED) is 0.898. The number of piperidine rings is 1. The van der Waals surface area contributed by atoms with Crippen LogP contribution in [0.4, 0.5) is 0 Å². The van der Waals surface area contributed by atoms with Gasteiger partial charge in [-0.15, -0.1) is 0 Å². The van der Waals surface area contributed by atoms with Gasteiger partial charge in [-0.3, -0.25) is 9.59 Å². The summed E-state index contributed by atoms with van der Waals surface area (Å²) in [6, 6.07) is 4.18. The minimum absolute atomic E-state index is 0.0264. The van der Waals surface area contributed by atoms with Crippen LogP contribution >= 0.6 is 0 Å². The highest BCUT2D eigenvalue weighted by Gasteiger charge is 2.33. The van der Waals surface area contributed by atoms with Gasteiger partial charge in [0.2, 0.25) is 5.91 Å². The summed E-state index contributed by atoms with van der Waals surface area (Å²) in [4.78, 5) is 25.8. The van der Waals surface area contributed by atoms with Crippen molar-refractivity contribution in [3.05, 3.63) is 35.1 Å². The van der Waals surface area contributed by atoms with E-state index >= 15 is 0 Å². The standard InChI is InChI=1S/C21H27NO4/c1-12(2)17-9-18-15(11-26-19(18)7-13(17)3)8-20(23)22-6-5-16(21(24)25)14(4)10-22/h7,9,11-12,14,16H,5-6,8,10H2,1-4H3,(H,24,25). The topological polar surface area (TPSA) is 70.8 Å². The number of rotatable bonds is 4. The number of benzene rings is 1. The maximum atomic E-state index is 12.8. The minimum atomic E-state index is -0.762. The van der Waals surface area contributed by atoms with Gasteiger partial charge in [-0.1, -0.05) is 20.8 Å². The number of carboxylic acids is 1. The number of hydrogen-bond donors (Lipinski definition) is 1. The molecule has 0 aliphatic carbocycles. The monoisotopic (exact) mass is 357 g/mol. The fraction of sp³-hybridized carbons (Fsp3) is 0.524. The molecule has 26 heavy (non-hydrogen) atoms. The number of amides is 1. The lowest BCUT2D eigenvalue weighted by Crippen LogP contribution is -2.45. The normalized spacial score (nSPS) is 20.7. The Hall–Kier alpha value is -2.30. The highest BCUT2D eigenvalue weighted by molar-refractivity contribution is 5.88. The first-order valence-electron chi connectivity index (χ1n) is 9.29. The number of furan rings is 1. The Morgan fingerprint density at radius 2 is 2.08 bits per heavy atom. The van der Waals surface area contributed by atoms with Crippen LogP contribution < -0.4 is 0 Å². The third kappa shape index (κ3) is 3.48. The first kappa shape index (κ1) is 18.5. The van der Waals surface area contributed by atoms with E-state index in [9.17, 15) is 14.7 Å². The molecule has 0 radical (unpaired) electrons. The van der Waals surface area contributed by atoms with Crippen molar-refractivity contribution in [2.45, 2.75) is 46.5 Å². The molecule has 1 amide bonds. The fourth-order valence-corrected chi connectivity index (χ4v) is 4.02. The second kappa shape index (κ2) is 7.14. The molecule has 1 aliphatic rings. The molecule has 1 N–H and O–H groups in total. The average Bonchev–Trinajstić information content (AvgIpc) is 2.95. The minimum Gasteiger partial charge on any atom is -0.481 e. The number of carboxylic acid groups (broad SMARTS) is 1. The van der Waals surface area contributed by atoms with Crippen LogP contribution in [0, 0.1) is 18.8 Å². The van der Waals surface area contributed by atoms with Crippen molar-refractivity contribution >= 4 is 22.8 Å². The second-order valence-electron chi connectivity index (χ2n) is 7.85. The number of carbonyl (C=O) groups excluding carboxylic acids is 1. The van der Waals surface area contributed by atoms with Crippen LogP contribution in [0.15, 0.2) is 22.8 Å². The van der Waals surface area contributed by atoms with E-state index in [1.807, 2.05) is 13.0 Å². The number of hydrogen-bond acceptors (Lipinski definition) is 3. The summed E-state index contributed by atoms with van der Waals surface area (Å²) in [7, 11) is 0. The molecule has 1 aromatic heterocycles. The zero-order chi connectivity index (χ0) is 19.0. The van der Waals surface area contributed by atoms with E-state index in [-0.39, 0.29) is 24.2 Å². The molecule has 140 valence electrons. The van der Waals surface area contributed by atoms with Crippen LogP contribution in [0.2, 0.25) is 0 Å². The Labute approximate surface area is 154 Å². The van der Waals surface area contributed by atoms with E-state index < -0.39 is 5.97 Å². The van der Waals surface area contributed by atoms with Crippen molar-refractivity contribution in [1.29, 1.82) is 0 Å². The van der Waals surface area contributed by atoms with Gasteiger partial charge in [0, 0.05) is 24.0 Å². The van der Waals surface area contributed by atoms with Crippen molar-refractivity contribution < 1.29 is 19.1 Å². The van der Waals surface area contributed by atoms with E-state index in [0.717, 1.165) is 16.5 Å². The Morgan fingerprint density at radius 3 is 2.69 bits per heavy atom. The fourth-order valence-electron chi connectivity index (χ4n) is 4.02. The average molecular weight is 357 g/mol. The summed E-state index contributed by atoms with van der Waals surface area (Å²) in [5, 5.41) is 10.2. The number of fused-ring (bicyclic) bond motifs is 1. The summed E-state index contributed by atoms with van der Waals surface area (Å²) in [5.74, 6) is -0.697. The van der Waals surface area contributed by atoms with Gasteiger partial charge in [-0.2, -0.15) is 0 Å². The van der Waals surface area contributed by atoms with Gasteiger partial charge in [-0.05, 0) is 48.4 Å². The SMILES string of the molecule is Cc1cc2occ(CC(=O)N3CCC(C(=O)O)C(C)C3)c2cc1C(C)C. The molecule has 2 aromatic rings. The lowest BCUT2D eigenvalue weighted by molar-refractivity contribution is -0.148. The van der Waals surface area contributed by atoms with Gasteiger partial charge >= 0.3 is 5.97 Å². The van der Waals surface area contributed by atoms with Crippen molar-refractivity contribution in [3.63, 3.8) is 0 Å². The third-order valence-electron chi connectivity index (χ3n) is 5.58. The molecule has 0 saturated carbocycles. The van der Waals surface area contributed by atoms with E-state index in [1.165, 1.54) is 11.1 Å². The first-order valence-corrected chi connectivity index (χ1v) is 9.29. The second-order valence-corrected chi connectivity index (χ2v) is 7.85. The van der Waals surface area contributed by atoms with Crippen LogP contribution in [-0.2, 0) is 16.0 Å². The van der Waals surface area contributed by atoms with E-state index in [4.69, 9.17) is 4.42 Å². The molecule has 0 spiro atoms. The molecular weight excluding hydrogens is 330 g/mol. The lowest BCUT2D eigenvalue weighted by atomic mass is 9.87. The molecule has 0 bridgehead atoms. The molecular formula is C21H27NO4. The molecule has 5 nitrogen and oxygen atoms in total. The zero-order valence-electron chi connectivity index (χ0n) is 15.9. The molecule has 1 aliphatic heterocycles. The number of aryl methyl sites for hydroxylation is 1. The first-order chi connectivity index (χ1) is 12.3. The molecule has 1 fully saturated rings. The highest BCUT2D eigenvalue weighted by Crippen LogP contribution is 2.30. The smallest absolute Gasteiger partial charge is 0.306 e. The van der Waals surface area contributed by atoms with Crippen LogP contribution in [0.1, 0.15) is 49.8 Å². The Kier molecular flexibility index (Phi) is 5.08. The Bertz CT molecular complexity index is 836. The van der Waals surface area contributed by atoms with E-state index in [2.05, 4.69) is 26.8 Å². The van der Waals surface area contributed by atoms with Gasteiger partial charge in [0.1, 0.15) is 5.58 Å². The van der Waals surface area contributed by atoms with Crippen molar-refractivity contribution in [1.82, 2.24) is 4.90 Å². The molecule has 1 aromatic carbocycles. The number of carbonyl (C=O) groups is 2. The van der Waals surface area contributed by atoms with Gasteiger partial charge in [-0.25, -0.2) is 0 Å². The summed E-state index contributed by atoms with van der Waals surface area (Å²) < 4.78 is 5.67. The summed E-state index contributed by atoms with van der Waals surface area (Å²) in [5.41, 5.74) is 4.18. The van der Waals surface area contributed by atoms with Crippen molar-refractivity contribution in [3.8, 4) is 0 Å². The predicted octanol–water partition coefficient (Wildman–Crippen LogP) is 3.98. The Balaban J connectivity index is 1.78. The lowest BCUT2D eigenvalue weighted by Gasteiger charge is -2.35. The van der Waals surface area contributed by atoms with Gasteiger partial charge in [0.15, 0.2) is 0 Å². The molecule has 2 atom stereocenters. The van der Waals surface area contributed by atoms with Crippen LogP contribution in [-0.4, -0.2) is 35.0 Å². The number of aliphatic carboxylic acids is 1. The largest absolute Gasteiger partial charge is 0.481 e. The zero-order valence-corrected chi connectivity index (χ0v) is 15.9. The number of likely N-dealkylation sites (tertiary alicyclic amines) is 1. The van der Waals surface area contributed by atoms with Gasteiger partial charge < -0.3 is 14.4 Å². The highest BCUT2D eigenvalue weighted by atomic mass is 16.4. The third-order valence-corrected chi connectivity index (χ3v) is 5.58. The van der Waals surface area contributed by atoms with Gasteiger partial charge in [0.25, 0.3) is 0 Å². The molecule has 2 unspecified atom stereocenters. The van der Waals surface area contributed by atoms with Crippen LogP contribution in [0.25, 0.3) is 11.0 Å².